The number of rotatable bonds is 4. The summed E-state index contributed by atoms with van der Waals surface area (Å²) in [6.07, 6.45) is -1.80. The van der Waals surface area contributed by atoms with Crippen LogP contribution in [0.4, 0.5) is 23.2 Å². The van der Waals surface area contributed by atoms with E-state index < -0.39 is 29.8 Å². The van der Waals surface area contributed by atoms with Crippen molar-refractivity contribution in [2.24, 2.45) is 0 Å². The molecule has 13 heteroatoms. The van der Waals surface area contributed by atoms with Crippen LogP contribution in [0.5, 0.6) is 0 Å². The van der Waals surface area contributed by atoms with E-state index in [0.29, 0.717) is 25.3 Å². The number of benzene rings is 1. The van der Waals surface area contributed by atoms with Crippen molar-refractivity contribution in [1.29, 1.82) is 0 Å². The molecule has 1 aliphatic heterocycles. The van der Waals surface area contributed by atoms with Gasteiger partial charge in [-0.25, -0.2) is 19.0 Å². The van der Waals surface area contributed by atoms with Gasteiger partial charge in [0.2, 0.25) is 5.82 Å². The minimum atomic E-state index is -4.71. The molecule has 32 heavy (non-hydrogen) atoms. The van der Waals surface area contributed by atoms with E-state index in [-0.39, 0.29) is 29.5 Å². The number of carbonyl (C=O) groups is 1. The Hall–Kier alpha value is -3.09. The zero-order chi connectivity index (χ0) is 22.0. The molecular weight excluding hydrogens is 456 g/mol. The van der Waals surface area contributed by atoms with E-state index in [4.69, 9.17) is 4.74 Å². The summed E-state index contributed by atoms with van der Waals surface area (Å²) >= 11 is 0. The quantitative estimate of drug-likeness (QED) is 0.567. The summed E-state index contributed by atoms with van der Waals surface area (Å²) in [7, 11) is 0. The first-order valence-electron chi connectivity index (χ1n) is 9.19. The van der Waals surface area contributed by atoms with Crippen LogP contribution in [0.2, 0.25) is 0 Å². The van der Waals surface area contributed by atoms with Gasteiger partial charge in [0.15, 0.2) is 5.82 Å². The van der Waals surface area contributed by atoms with E-state index in [1.54, 1.807) is 6.07 Å². The number of hydrogen-bond acceptors (Lipinski definition) is 6. The average molecular weight is 473 g/mol. The van der Waals surface area contributed by atoms with Gasteiger partial charge in [-0.05, 0) is 12.1 Å². The van der Waals surface area contributed by atoms with E-state index >= 15 is 0 Å². The summed E-state index contributed by atoms with van der Waals surface area (Å²) in [6, 6.07) is 5.47. The summed E-state index contributed by atoms with van der Waals surface area (Å²) in [4.78, 5) is 19.0. The predicted molar refractivity (Wildman–Crippen MR) is 107 cm³/mol. The van der Waals surface area contributed by atoms with Crippen LogP contribution in [-0.2, 0) is 10.9 Å². The first-order valence-corrected chi connectivity index (χ1v) is 9.19. The SMILES string of the molecule is Cl.O=C(Nc1ccc(C2CNCCO2)c(F)c1)c1cnn(-c2ccnc(C(F)(F)F)n2)c1. The minimum absolute atomic E-state index is 0. The number of amides is 1. The molecule has 0 bridgehead atoms. The number of nitrogens with one attached hydrogen (secondary N) is 2. The largest absolute Gasteiger partial charge is 0.451 e. The maximum atomic E-state index is 14.5. The molecule has 1 atom stereocenters. The van der Waals surface area contributed by atoms with Gasteiger partial charge in [-0.1, -0.05) is 6.07 Å². The zero-order valence-corrected chi connectivity index (χ0v) is 17.1. The van der Waals surface area contributed by atoms with Crippen LogP contribution in [0, 0.1) is 5.82 Å². The van der Waals surface area contributed by atoms with Gasteiger partial charge >= 0.3 is 6.18 Å². The highest BCUT2D eigenvalue weighted by Crippen LogP contribution is 2.26. The van der Waals surface area contributed by atoms with Gasteiger partial charge in [-0.3, -0.25) is 4.79 Å². The second-order valence-corrected chi connectivity index (χ2v) is 6.66. The molecule has 0 saturated carbocycles. The summed E-state index contributed by atoms with van der Waals surface area (Å²) < 4.78 is 59.3. The minimum Gasteiger partial charge on any atom is -0.371 e. The Morgan fingerprint density at radius 1 is 1.28 bits per heavy atom. The van der Waals surface area contributed by atoms with Gasteiger partial charge < -0.3 is 15.4 Å². The molecule has 1 saturated heterocycles. The van der Waals surface area contributed by atoms with Crippen LogP contribution in [0.1, 0.15) is 27.8 Å². The number of halogens is 5. The molecule has 3 aromatic rings. The van der Waals surface area contributed by atoms with Gasteiger partial charge in [0, 0.05) is 42.8 Å². The smallest absolute Gasteiger partial charge is 0.371 e. The van der Waals surface area contributed by atoms with Crippen molar-refractivity contribution in [2.75, 3.05) is 25.0 Å². The van der Waals surface area contributed by atoms with E-state index in [9.17, 15) is 22.4 Å². The van der Waals surface area contributed by atoms with Crippen LogP contribution in [0.3, 0.4) is 0 Å². The van der Waals surface area contributed by atoms with Crippen molar-refractivity contribution < 1.29 is 27.1 Å². The monoisotopic (exact) mass is 472 g/mol. The van der Waals surface area contributed by atoms with Crippen molar-refractivity contribution in [1.82, 2.24) is 25.1 Å². The fourth-order valence-electron chi connectivity index (χ4n) is 3.01. The van der Waals surface area contributed by atoms with E-state index in [0.717, 1.165) is 17.1 Å². The molecule has 2 aromatic heterocycles. The Balaban J connectivity index is 0.00000289. The van der Waals surface area contributed by atoms with Crippen LogP contribution < -0.4 is 10.6 Å². The summed E-state index contributed by atoms with van der Waals surface area (Å²) in [6.45, 7) is 1.66. The predicted octanol–water partition coefficient (Wildman–Crippen LogP) is 3.16. The second-order valence-electron chi connectivity index (χ2n) is 6.66. The molecule has 8 nitrogen and oxygen atoms in total. The zero-order valence-electron chi connectivity index (χ0n) is 16.3. The van der Waals surface area contributed by atoms with Crippen molar-refractivity contribution >= 4 is 24.0 Å². The number of morpholine rings is 1. The maximum absolute atomic E-state index is 14.5. The van der Waals surface area contributed by atoms with Gasteiger partial charge in [-0.2, -0.15) is 18.3 Å². The van der Waals surface area contributed by atoms with Gasteiger partial charge in [0.25, 0.3) is 5.91 Å². The Morgan fingerprint density at radius 2 is 2.09 bits per heavy atom. The fourth-order valence-corrected chi connectivity index (χ4v) is 3.01. The molecule has 0 radical (unpaired) electrons. The highest BCUT2D eigenvalue weighted by Gasteiger charge is 2.34. The number of carbonyl (C=O) groups excluding carboxylic acids is 1. The Labute approximate surface area is 185 Å². The van der Waals surface area contributed by atoms with Crippen LogP contribution in [0.25, 0.3) is 5.82 Å². The number of nitrogens with zero attached hydrogens (tertiary/aromatic N) is 4. The maximum Gasteiger partial charge on any atom is 0.451 e. The summed E-state index contributed by atoms with van der Waals surface area (Å²) in [5, 5.41) is 9.51. The van der Waals surface area contributed by atoms with E-state index in [1.165, 1.54) is 24.4 Å². The van der Waals surface area contributed by atoms with Crippen molar-refractivity contribution in [3.05, 3.63) is 65.6 Å². The standard InChI is InChI=1S/C19H16F4N6O2.ClH/c20-14-7-12(1-2-13(14)15-9-24-5-6-31-15)27-17(30)11-8-26-29(10-11)16-3-4-25-18(28-16)19(21,22)23;/h1-4,7-8,10,15,24H,5-6,9H2,(H,27,30);1H. The van der Waals surface area contributed by atoms with Gasteiger partial charge in [0.05, 0.1) is 24.5 Å². The highest BCUT2D eigenvalue weighted by molar-refractivity contribution is 6.04. The molecule has 0 spiro atoms. The third-order valence-electron chi connectivity index (χ3n) is 4.51. The Bertz CT molecular complexity index is 1100. The molecule has 1 fully saturated rings. The number of hydrogen-bond donors (Lipinski definition) is 2. The summed E-state index contributed by atoms with van der Waals surface area (Å²) in [5.41, 5.74) is 0.642. The first kappa shape index (κ1) is 23.6. The number of anilines is 1. The lowest BCUT2D eigenvalue weighted by Crippen LogP contribution is -2.33. The highest BCUT2D eigenvalue weighted by atomic mass is 35.5. The van der Waals surface area contributed by atoms with Crippen molar-refractivity contribution in [3.63, 3.8) is 0 Å². The van der Waals surface area contributed by atoms with Crippen molar-refractivity contribution in [3.8, 4) is 5.82 Å². The van der Waals surface area contributed by atoms with Gasteiger partial charge in [-0.15, -0.1) is 12.4 Å². The van der Waals surface area contributed by atoms with Gasteiger partial charge in [0.1, 0.15) is 5.82 Å². The lowest BCUT2D eigenvalue weighted by atomic mass is 10.1. The lowest BCUT2D eigenvalue weighted by Gasteiger charge is -2.24. The molecular formula is C19H17ClF4N6O2. The third-order valence-corrected chi connectivity index (χ3v) is 4.51. The number of alkyl halides is 3. The van der Waals surface area contributed by atoms with Crippen LogP contribution in [0.15, 0.2) is 42.9 Å². The first-order chi connectivity index (χ1) is 14.8. The normalized spacial score (nSPS) is 16.3. The molecule has 1 aromatic carbocycles. The molecule has 3 heterocycles. The molecule has 0 aliphatic carbocycles. The molecule has 1 unspecified atom stereocenters. The fraction of sp³-hybridized carbons (Fsp3) is 0.263. The summed E-state index contributed by atoms with van der Waals surface area (Å²) in [5.74, 6) is -2.61. The Morgan fingerprint density at radius 3 is 2.78 bits per heavy atom. The van der Waals surface area contributed by atoms with Crippen molar-refractivity contribution in [2.45, 2.75) is 12.3 Å². The third kappa shape index (κ3) is 5.21. The molecule has 2 N–H and O–H groups in total. The van der Waals surface area contributed by atoms with Crippen LogP contribution in [-0.4, -0.2) is 45.4 Å². The topological polar surface area (TPSA) is 94.0 Å². The lowest BCUT2D eigenvalue weighted by molar-refractivity contribution is -0.145. The molecule has 1 aliphatic rings. The second kappa shape index (κ2) is 9.59. The van der Waals surface area contributed by atoms with E-state index in [1.807, 2.05) is 0 Å². The number of ether oxygens (including phenoxy) is 1. The van der Waals surface area contributed by atoms with E-state index in [2.05, 4.69) is 25.7 Å². The Kier molecular flexibility index (Phi) is 7.06. The molecule has 170 valence electrons. The molecule has 1 amide bonds. The average Bonchev–Trinajstić information content (AvgIpc) is 3.25. The number of aromatic nitrogens is 4. The molecule has 4 rings (SSSR count). The van der Waals surface area contributed by atoms with Crippen LogP contribution >= 0.6 is 12.4 Å².